The van der Waals surface area contributed by atoms with Gasteiger partial charge in [0.15, 0.2) is 0 Å². The number of aromatic amines is 1. The molecular formula is C15H19FN2O. The number of nitrogens with zero attached hydrogens (tertiary/aromatic N) is 1. The number of benzene rings is 1. The zero-order valence-corrected chi connectivity index (χ0v) is 11.4. The molecule has 0 saturated carbocycles. The first-order valence-electron chi connectivity index (χ1n) is 6.46. The molecule has 2 N–H and O–H groups in total. The molecule has 1 atom stereocenters. The van der Waals surface area contributed by atoms with Gasteiger partial charge in [-0.05, 0) is 37.1 Å². The summed E-state index contributed by atoms with van der Waals surface area (Å²) in [4.78, 5) is 7.79. The molecule has 3 nitrogen and oxygen atoms in total. The highest BCUT2D eigenvalue weighted by Gasteiger charge is 2.20. The van der Waals surface area contributed by atoms with Crippen molar-refractivity contribution in [1.29, 1.82) is 0 Å². The number of H-pyrrole nitrogens is 1. The number of imidazole rings is 1. The van der Waals surface area contributed by atoms with Gasteiger partial charge in [0.05, 0.1) is 12.3 Å². The Hall–Kier alpha value is -1.68. The predicted octanol–water partition coefficient (Wildman–Crippen LogP) is 3.26. The van der Waals surface area contributed by atoms with Crippen molar-refractivity contribution in [1.82, 2.24) is 9.97 Å². The lowest BCUT2D eigenvalue weighted by atomic mass is 9.96. The van der Waals surface area contributed by atoms with Gasteiger partial charge < -0.3 is 10.1 Å². The fourth-order valence-electron chi connectivity index (χ4n) is 2.16. The van der Waals surface area contributed by atoms with E-state index in [4.69, 9.17) is 0 Å². The predicted molar refractivity (Wildman–Crippen MR) is 73.4 cm³/mol. The minimum Gasteiger partial charge on any atom is -0.396 e. The largest absolute Gasteiger partial charge is 0.396 e. The van der Waals surface area contributed by atoms with Gasteiger partial charge in [0, 0.05) is 17.2 Å². The van der Waals surface area contributed by atoms with Gasteiger partial charge in [0.25, 0.3) is 0 Å². The van der Waals surface area contributed by atoms with E-state index in [9.17, 15) is 9.50 Å². The minimum atomic E-state index is -0.257. The van der Waals surface area contributed by atoms with Gasteiger partial charge >= 0.3 is 0 Å². The lowest BCUT2D eigenvalue weighted by molar-refractivity contribution is 0.232. The van der Waals surface area contributed by atoms with Crippen LogP contribution in [-0.2, 0) is 0 Å². The van der Waals surface area contributed by atoms with E-state index in [-0.39, 0.29) is 18.3 Å². The van der Waals surface area contributed by atoms with E-state index in [1.165, 1.54) is 12.1 Å². The summed E-state index contributed by atoms with van der Waals surface area (Å²) in [6.45, 7) is 6.10. The van der Waals surface area contributed by atoms with Crippen molar-refractivity contribution in [3.05, 3.63) is 41.6 Å². The molecule has 0 amide bonds. The lowest BCUT2D eigenvalue weighted by Crippen LogP contribution is -2.12. The maximum Gasteiger partial charge on any atom is 0.123 e. The number of hydrogen-bond donors (Lipinski definition) is 2. The van der Waals surface area contributed by atoms with E-state index < -0.39 is 0 Å². The molecule has 2 aromatic rings. The second kappa shape index (κ2) is 5.53. The number of aromatic nitrogens is 2. The number of aliphatic hydroxyl groups excluding tert-OH is 1. The average Bonchev–Trinajstić information content (AvgIpc) is 2.72. The Morgan fingerprint density at radius 2 is 1.89 bits per heavy atom. The topological polar surface area (TPSA) is 48.9 Å². The maximum atomic E-state index is 12.9. The van der Waals surface area contributed by atoms with E-state index in [1.807, 2.05) is 6.92 Å². The molecule has 0 aliphatic rings. The molecule has 0 bridgehead atoms. The zero-order valence-electron chi connectivity index (χ0n) is 11.4. The van der Waals surface area contributed by atoms with Gasteiger partial charge in [0.1, 0.15) is 11.6 Å². The molecule has 19 heavy (non-hydrogen) atoms. The number of halogens is 1. The molecule has 0 aliphatic heterocycles. The highest BCUT2D eigenvalue weighted by Crippen LogP contribution is 2.27. The van der Waals surface area contributed by atoms with Crippen molar-refractivity contribution in [3.63, 3.8) is 0 Å². The molecule has 0 aliphatic carbocycles. The van der Waals surface area contributed by atoms with Crippen molar-refractivity contribution in [3.8, 4) is 11.3 Å². The van der Waals surface area contributed by atoms with E-state index >= 15 is 0 Å². The lowest BCUT2D eigenvalue weighted by Gasteiger charge is -2.15. The van der Waals surface area contributed by atoms with Crippen molar-refractivity contribution in [2.45, 2.75) is 26.7 Å². The Labute approximate surface area is 112 Å². The summed E-state index contributed by atoms with van der Waals surface area (Å²) in [5, 5.41) is 9.45. The van der Waals surface area contributed by atoms with Crippen LogP contribution in [0.25, 0.3) is 11.3 Å². The van der Waals surface area contributed by atoms with Crippen LogP contribution in [0.3, 0.4) is 0 Å². The molecule has 1 aromatic heterocycles. The van der Waals surface area contributed by atoms with Crippen LogP contribution in [0.1, 0.15) is 31.3 Å². The van der Waals surface area contributed by atoms with Crippen LogP contribution in [-0.4, -0.2) is 21.7 Å². The van der Waals surface area contributed by atoms with E-state index in [0.717, 1.165) is 22.8 Å². The van der Waals surface area contributed by atoms with Crippen LogP contribution >= 0.6 is 0 Å². The zero-order chi connectivity index (χ0) is 14.0. The van der Waals surface area contributed by atoms with Crippen LogP contribution in [0.4, 0.5) is 4.39 Å². The first-order valence-corrected chi connectivity index (χ1v) is 6.46. The highest BCUT2D eigenvalue weighted by molar-refractivity contribution is 5.61. The number of aliphatic hydroxyl groups is 1. The Morgan fingerprint density at radius 3 is 2.42 bits per heavy atom. The quantitative estimate of drug-likeness (QED) is 0.888. The Morgan fingerprint density at radius 1 is 1.26 bits per heavy atom. The standard InChI is InChI=1S/C15H19FN2O/c1-9(2)13(8-19)15-17-10(3)14(18-15)11-4-6-12(16)7-5-11/h4-7,9,13,19H,8H2,1-3H3,(H,17,18). The average molecular weight is 262 g/mol. The SMILES string of the molecule is Cc1[nH]c(C(CO)C(C)C)nc1-c1ccc(F)cc1. The van der Waals surface area contributed by atoms with Crippen LogP contribution in [0.5, 0.6) is 0 Å². The summed E-state index contributed by atoms with van der Waals surface area (Å²) in [6.07, 6.45) is 0. The molecule has 0 saturated heterocycles. The first kappa shape index (κ1) is 13.7. The third kappa shape index (κ3) is 2.84. The normalized spacial score (nSPS) is 12.9. The molecule has 4 heteroatoms. The third-order valence-corrected chi connectivity index (χ3v) is 3.37. The smallest absolute Gasteiger partial charge is 0.123 e. The summed E-state index contributed by atoms with van der Waals surface area (Å²) in [6, 6.07) is 6.28. The fourth-order valence-corrected chi connectivity index (χ4v) is 2.16. The molecule has 1 aromatic carbocycles. The molecule has 0 fully saturated rings. The molecular weight excluding hydrogens is 243 g/mol. The molecule has 0 spiro atoms. The van der Waals surface area contributed by atoms with Crippen molar-refractivity contribution in [2.24, 2.45) is 5.92 Å². The van der Waals surface area contributed by atoms with Crippen molar-refractivity contribution < 1.29 is 9.50 Å². The molecule has 2 rings (SSSR count). The number of nitrogens with one attached hydrogen (secondary N) is 1. The third-order valence-electron chi connectivity index (χ3n) is 3.37. The summed E-state index contributed by atoms with van der Waals surface area (Å²) in [5.74, 6) is 0.825. The Kier molecular flexibility index (Phi) is 4.00. The highest BCUT2D eigenvalue weighted by atomic mass is 19.1. The van der Waals surface area contributed by atoms with Crippen LogP contribution in [0.2, 0.25) is 0 Å². The second-order valence-corrected chi connectivity index (χ2v) is 5.14. The number of rotatable bonds is 4. The van der Waals surface area contributed by atoms with Gasteiger partial charge in [-0.3, -0.25) is 0 Å². The summed E-state index contributed by atoms with van der Waals surface area (Å²) in [7, 11) is 0. The fraction of sp³-hybridized carbons (Fsp3) is 0.400. The van der Waals surface area contributed by atoms with E-state index in [0.29, 0.717) is 5.92 Å². The van der Waals surface area contributed by atoms with E-state index in [1.54, 1.807) is 12.1 Å². The van der Waals surface area contributed by atoms with Crippen molar-refractivity contribution >= 4 is 0 Å². The van der Waals surface area contributed by atoms with Gasteiger partial charge in [-0.1, -0.05) is 13.8 Å². The molecule has 102 valence electrons. The van der Waals surface area contributed by atoms with Gasteiger partial charge in [-0.2, -0.15) is 0 Å². The Bertz CT molecular complexity index is 546. The first-order chi connectivity index (χ1) is 9.02. The van der Waals surface area contributed by atoms with Crippen LogP contribution < -0.4 is 0 Å². The maximum absolute atomic E-state index is 12.9. The summed E-state index contributed by atoms with van der Waals surface area (Å²) in [5.41, 5.74) is 2.62. The number of aryl methyl sites for hydroxylation is 1. The van der Waals surface area contributed by atoms with Gasteiger partial charge in [0.2, 0.25) is 0 Å². The van der Waals surface area contributed by atoms with Crippen LogP contribution in [0, 0.1) is 18.7 Å². The van der Waals surface area contributed by atoms with Crippen molar-refractivity contribution in [2.75, 3.05) is 6.61 Å². The molecule has 0 radical (unpaired) electrons. The summed E-state index contributed by atoms with van der Waals surface area (Å²) >= 11 is 0. The van der Waals surface area contributed by atoms with E-state index in [2.05, 4.69) is 23.8 Å². The van der Waals surface area contributed by atoms with Gasteiger partial charge in [-0.15, -0.1) is 0 Å². The minimum absolute atomic E-state index is 0.00658. The second-order valence-electron chi connectivity index (χ2n) is 5.14. The van der Waals surface area contributed by atoms with Gasteiger partial charge in [-0.25, -0.2) is 9.37 Å². The summed E-state index contributed by atoms with van der Waals surface area (Å²) < 4.78 is 12.9. The monoisotopic (exact) mass is 262 g/mol. The van der Waals surface area contributed by atoms with Crippen LogP contribution in [0.15, 0.2) is 24.3 Å². The molecule has 1 unspecified atom stereocenters. The number of hydrogen-bond acceptors (Lipinski definition) is 2. The Balaban J connectivity index is 2.38. The molecule has 1 heterocycles.